The van der Waals surface area contributed by atoms with E-state index in [1.165, 1.54) is 5.39 Å². The van der Waals surface area contributed by atoms with Crippen LogP contribution in [0.4, 0.5) is 0 Å². The molecular formula is C12H12N2. The van der Waals surface area contributed by atoms with Crippen molar-refractivity contribution in [1.29, 1.82) is 0 Å². The molecule has 0 saturated heterocycles. The fourth-order valence-corrected chi connectivity index (χ4v) is 1.37. The van der Waals surface area contributed by atoms with Gasteiger partial charge in [-0.1, -0.05) is 11.8 Å². The Morgan fingerprint density at radius 3 is 3.14 bits per heavy atom. The number of H-pyrrole nitrogens is 1. The number of aromatic amines is 1. The van der Waals surface area contributed by atoms with E-state index in [2.05, 4.69) is 40.3 Å². The molecule has 14 heavy (non-hydrogen) atoms. The van der Waals surface area contributed by atoms with E-state index in [9.17, 15) is 0 Å². The lowest BCUT2D eigenvalue weighted by Gasteiger charge is -1.91. The first-order chi connectivity index (χ1) is 6.90. The van der Waals surface area contributed by atoms with Crippen LogP contribution in [0.3, 0.4) is 0 Å². The predicted octanol–water partition coefficient (Wildman–Crippen LogP) is 1.74. The summed E-state index contributed by atoms with van der Waals surface area (Å²) in [6.07, 6.45) is 1.94. The minimum absolute atomic E-state index is 0.727. The summed E-state index contributed by atoms with van der Waals surface area (Å²) in [5.74, 6) is 6.14. The van der Waals surface area contributed by atoms with Crippen molar-refractivity contribution < 1.29 is 0 Å². The molecule has 0 aliphatic rings. The van der Waals surface area contributed by atoms with Gasteiger partial charge in [-0.3, -0.25) is 0 Å². The highest BCUT2D eigenvalue weighted by Gasteiger charge is 1.93. The fraction of sp³-hybridized carbons (Fsp3) is 0.167. The van der Waals surface area contributed by atoms with E-state index in [1.54, 1.807) is 0 Å². The van der Waals surface area contributed by atoms with Crippen molar-refractivity contribution in [1.82, 2.24) is 10.3 Å². The van der Waals surface area contributed by atoms with Crippen LogP contribution in [-0.4, -0.2) is 18.6 Å². The van der Waals surface area contributed by atoms with Crippen LogP contribution in [0.2, 0.25) is 0 Å². The van der Waals surface area contributed by atoms with Gasteiger partial charge in [0.1, 0.15) is 0 Å². The Balaban J connectivity index is 2.31. The Kier molecular flexibility index (Phi) is 2.53. The van der Waals surface area contributed by atoms with E-state index in [0.29, 0.717) is 0 Å². The van der Waals surface area contributed by atoms with Crippen molar-refractivity contribution in [3.63, 3.8) is 0 Å². The molecule has 0 atom stereocenters. The molecule has 2 rings (SSSR count). The zero-order valence-electron chi connectivity index (χ0n) is 8.09. The van der Waals surface area contributed by atoms with E-state index in [0.717, 1.165) is 17.6 Å². The number of fused-ring (bicyclic) bond motifs is 1. The summed E-state index contributed by atoms with van der Waals surface area (Å²) in [6.45, 7) is 0.727. The number of nitrogens with one attached hydrogen (secondary N) is 2. The number of hydrogen-bond donors (Lipinski definition) is 2. The van der Waals surface area contributed by atoms with Crippen LogP contribution in [0.15, 0.2) is 30.5 Å². The molecule has 0 bridgehead atoms. The van der Waals surface area contributed by atoms with Gasteiger partial charge >= 0.3 is 0 Å². The lowest BCUT2D eigenvalue weighted by molar-refractivity contribution is 0.938. The van der Waals surface area contributed by atoms with E-state index >= 15 is 0 Å². The number of benzene rings is 1. The second-order valence-corrected chi connectivity index (χ2v) is 3.11. The molecule has 1 aromatic carbocycles. The van der Waals surface area contributed by atoms with Gasteiger partial charge in [0.15, 0.2) is 0 Å². The number of rotatable bonds is 1. The molecule has 2 aromatic rings. The molecule has 0 aliphatic heterocycles. The summed E-state index contributed by atoms with van der Waals surface area (Å²) in [4.78, 5) is 3.15. The van der Waals surface area contributed by atoms with Gasteiger partial charge in [0.2, 0.25) is 0 Å². The Bertz CT molecular complexity index is 485. The van der Waals surface area contributed by atoms with Crippen LogP contribution in [0.25, 0.3) is 10.9 Å². The van der Waals surface area contributed by atoms with Gasteiger partial charge < -0.3 is 10.3 Å². The molecule has 2 nitrogen and oxygen atoms in total. The van der Waals surface area contributed by atoms with Crippen LogP contribution in [0, 0.1) is 11.8 Å². The van der Waals surface area contributed by atoms with Crippen molar-refractivity contribution in [2.24, 2.45) is 0 Å². The molecule has 0 spiro atoms. The SMILES string of the molecule is CNCC#Cc1ccc2[nH]ccc2c1. The number of aromatic nitrogens is 1. The lowest BCUT2D eigenvalue weighted by atomic mass is 10.1. The van der Waals surface area contributed by atoms with Gasteiger partial charge in [0.25, 0.3) is 0 Å². The van der Waals surface area contributed by atoms with Crippen LogP contribution < -0.4 is 5.32 Å². The Morgan fingerprint density at radius 1 is 1.36 bits per heavy atom. The number of hydrogen-bond acceptors (Lipinski definition) is 1. The third-order valence-corrected chi connectivity index (χ3v) is 2.05. The summed E-state index contributed by atoms with van der Waals surface area (Å²) >= 11 is 0. The molecule has 1 heterocycles. The Labute approximate surface area is 83.3 Å². The highest BCUT2D eigenvalue weighted by Crippen LogP contribution is 2.13. The van der Waals surface area contributed by atoms with E-state index < -0.39 is 0 Å². The van der Waals surface area contributed by atoms with Crippen LogP contribution in [0.1, 0.15) is 5.56 Å². The van der Waals surface area contributed by atoms with E-state index in [-0.39, 0.29) is 0 Å². The maximum absolute atomic E-state index is 3.15. The minimum atomic E-state index is 0.727. The molecular weight excluding hydrogens is 172 g/mol. The average Bonchev–Trinajstić information content (AvgIpc) is 2.65. The molecule has 1 aromatic heterocycles. The van der Waals surface area contributed by atoms with E-state index in [1.807, 2.05) is 19.3 Å². The first kappa shape index (κ1) is 8.86. The lowest BCUT2D eigenvalue weighted by Crippen LogP contribution is -2.04. The quantitative estimate of drug-likeness (QED) is 0.649. The van der Waals surface area contributed by atoms with E-state index in [4.69, 9.17) is 0 Å². The average molecular weight is 184 g/mol. The van der Waals surface area contributed by atoms with Crippen LogP contribution in [-0.2, 0) is 0 Å². The second kappa shape index (κ2) is 3.99. The monoisotopic (exact) mass is 184 g/mol. The first-order valence-corrected chi connectivity index (χ1v) is 4.61. The van der Waals surface area contributed by atoms with Crippen molar-refractivity contribution in [2.45, 2.75) is 0 Å². The molecule has 0 aliphatic carbocycles. The van der Waals surface area contributed by atoms with Gasteiger partial charge in [-0.05, 0) is 31.3 Å². The molecule has 0 radical (unpaired) electrons. The third kappa shape index (κ3) is 1.78. The standard InChI is InChI=1S/C12H12N2/c1-13-7-2-3-10-4-5-12-11(9-10)6-8-14-12/h4-6,8-9,13-14H,7H2,1H3. The molecule has 0 fully saturated rings. The van der Waals surface area contributed by atoms with Crippen molar-refractivity contribution in [2.75, 3.05) is 13.6 Å². The predicted molar refractivity (Wildman–Crippen MR) is 59.1 cm³/mol. The minimum Gasteiger partial charge on any atom is -0.361 e. The van der Waals surface area contributed by atoms with Gasteiger partial charge in [0, 0.05) is 22.7 Å². The van der Waals surface area contributed by atoms with Crippen LogP contribution in [0.5, 0.6) is 0 Å². The summed E-state index contributed by atoms with van der Waals surface area (Å²) < 4.78 is 0. The first-order valence-electron chi connectivity index (χ1n) is 4.61. The largest absolute Gasteiger partial charge is 0.361 e. The second-order valence-electron chi connectivity index (χ2n) is 3.11. The topological polar surface area (TPSA) is 27.8 Å². The molecule has 0 unspecified atom stereocenters. The maximum atomic E-state index is 3.15. The summed E-state index contributed by atoms with van der Waals surface area (Å²) in [5, 5.41) is 4.20. The highest BCUT2D eigenvalue weighted by molar-refractivity contribution is 5.80. The normalized spacial score (nSPS) is 9.79. The summed E-state index contributed by atoms with van der Waals surface area (Å²) in [7, 11) is 1.89. The summed E-state index contributed by atoms with van der Waals surface area (Å²) in [6, 6.07) is 8.23. The van der Waals surface area contributed by atoms with Crippen molar-refractivity contribution in [3.8, 4) is 11.8 Å². The fourth-order valence-electron chi connectivity index (χ4n) is 1.37. The smallest absolute Gasteiger partial charge is 0.0577 e. The Morgan fingerprint density at radius 2 is 2.29 bits per heavy atom. The molecule has 0 saturated carbocycles. The maximum Gasteiger partial charge on any atom is 0.0577 e. The molecule has 0 amide bonds. The van der Waals surface area contributed by atoms with Crippen LogP contribution >= 0.6 is 0 Å². The zero-order valence-corrected chi connectivity index (χ0v) is 8.09. The zero-order chi connectivity index (χ0) is 9.80. The van der Waals surface area contributed by atoms with Gasteiger partial charge in [0.05, 0.1) is 6.54 Å². The highest BCUT2D eigenvalue weighted by atomic mass is 14.8. The van der Waals surface area contributed by atoms with Gasteiger partial charge in [-0.15, -0.1) is 0 Å². The summed E-state index contributed by atoms with van der Waals surface area (Å²) in [5.41, 5.74) is 2.22. The van der Waals surface area contributed by atoms with Crippen molar-refractivity contribution >= 4 is 10.9 Å². The van der Waals surface area contributed by atoms with Gasteiger partial charge in [-0.25, -0.2) is 0 Å². The molecule has 2 heteroatoms. The molecule has 2 N–H and O–H groups in total. The van der Waals surface area contributed by atoms with Gasteiger partial charge in [-0.2, -0.15) is 0 Å². The Hall–Kier alpha value is -1.72. The molecule has 70 valence electrons. The van der Waals surface area contributed by atoms with Crippen molar-refractivity contribution in [3.05, 3.63) is 36.0 Å². The third-order valence-electron chi connectivity index (χ3n) is 2.05.